The van der Waals surface area contributed by atoms with E-state index in [0.29, 0.717) is 0 Å². The lowest BCUT2D eigenvalue weighted by Crippen LogP contribution is -2.74. The van der Waals surface area contributed by atoms with Gasteiger partial charge in [-0.15, -0.1) is 5.10 Å². The standard InChI is InChI=1S/C10H11N3S/c1-11-6-8-2-4-9(5-3-8)10-7-14-13-12-10/h2-5,7H,1,6,11H2. The van der Waals surface area contributed by atoms with Gasteiger partial charge in [-0.1, -0.05) is 28.8 Å². The third kappa shape index (κ3) is 1.97. The van der Waals surface area contributed by atoms with Crippen LogP contribution >= 0.6 is 11.5 Å². The van der Waals surface area contributed by atoms with Gasteiger partial charge in [-0.2, -0.15) is 7.05 Å². The number of nitrogens with two attached hydrogens (primary N) is 1. The van der Waals surface area contributed by atoms with Crippen molar-refractivity contribution in [2.45, 2.75) is 6.54 Å². The maximum absolute atomic E-state index is 4.01. The van der Waals surface area contributed by atoms with E-state index in [1.165, 1.54) is 17.1 Å². The number of hydrogen-bond donors (Lipinski definition) is 1. The van der Waals surface area contributed by atoms with E-state index in [2.05, 4.69) is 40.9 Å². The van der Waals surface area contributed by atoms with Crippen molar-refractivity contribution in [3.8, 4) is 11.3 Å². The molecule has 0 atom stereocenters. The molecule has 14 heavy (non-hydrogen) atoms. The molecule has 0 fully saturated rings. The van der Waals surface area contributed by atoms with Crippen LogP contribution in [-0.2, 0) is 6.54 Å². The molecule has 1 aromatic heterocycles. The van der Waals surface area contributed by atoms with Crippen molar-refractivity contribution in [3.05, 3.63) is 42.3 Å². The van der Waals surface area contributed by atoms with Crippen LogP contribution in [0.1, 0.15) is 5.56 Å². The highest BCUT2D eigenvalue weighted by atomic mass is 32.1. The lowest BCUT2D eigenvalue weighted by molar-refractivity contribution is -0.612. The van der Waals surface area contributed by atoms with Gasteiger partial charge in [0.25, 0.3) is 0 Å². The van der Waals surface area contributed by atoms with Crippen molar-refractivity contribution in [1.29, 1.82) is 0 Å². The summed E-state index contributed by atoms with van der Waals surface area (Å²) in [5.41, 5.74) is 3.33. The first-order chi connectivity index (χ1) is 6.90. The highest BCUT2D eigenvalue weighted by Crippen LogP contribution is 2.17. The van der Waals surface area contributed by atoms with Gasteiger partial charge in [0.1, 0.15) is 5.69 Å². The second-order valence-electron chi connectivity index (χ2n) is 2.98. The molecule has 0 aliphatic rings. The number of quaternary nitrogens is 1. The molecular formula is C10H11N3S. The van der Waals surface area contributed by atoms with Crippen LogP contribution in [0.15, 0.2) is 29.6 Å². The summed E-state index contributed by atoms with van der Waals surface area (Å²) in [6.07, 6.45) is 0. The lowest BCUT2D eigenvalue weighted by Gasteiger charge is -2.01. The molecule has 0 saturated heterocycles. The zero-order valence-corrected chi connectivity index (χ0v) is 8.50. The van der Waals surface area contributed by atoms with Gasteiger partial charge in [-0.05, 0) is 11.5 Å². The number of hydrogen-bond acceptors (Lipinski definition) is 3. The van der Waals surface area contributed by atoms with Gasteiger partial charge in [-0.25, -0.2) is 0 Å². The van der Waals surface area contributed by atoms with Gasteiger partial charge in [-0.3, -0.25) is 0 Å². The highest BCUT2D eigenvalue weighted by molar-refractivity contribution is 7.03. The molecule has 1 aromatic carbocycles. The molecular weight excluding hydrogens is 194 g/mol. The Kier molecular flexibility index (Phi) is 2.86. The maximum atomic E-state index is 4.01. The zero-order valence-electron chi connectivity index (χ0n) is 7.68. The summed E-state index contributed by atoms with van der Waals surface area (Å²) in [5, 5.41) is 7.86. The van der Waals surface area contributed by atoms with Crippen LogP contribution in [0, 0.1) is 7.05 Å². The molecule has 4 heteroatoms. The molecule has 0 spiro atoms. The first-order valence-corrected chi connectivity index (χ1v) is 5.21. The van der Waals surface area contributed by atoms with Crippen molar-refractivity contribution in [3.63, 3.8) is 0 Å². The van der Waals surface area contributed by atoms with Crippen LogP contribution in [0.2, 0.25) is 0 Å². The van der Waals surface area contributed by atoms with E-state index in [1.807, 2.05) is 10.7 Å². The minimum absolute atomic E-state index is 0.912. The van der Waals surface area contributed by atoms with Gasteiger partial charge >= 0.3 is 0 Å². The molecule has 2 N–H and O–H groups in total. The first-order valence-electron chi connectivity index (χ1n) is 4.37. The molecule has 0 aliphatic heterocycles. The van der Waals surface area contributed by atoms with Gasteiger partial charge in [0.05, 0.1) is 6.54 Å². The Morgan fingerprint density at radius 2 is 2.07 bits per heavy atom. The average molecular weight is 205 g/mol. The van der Waals surface area contributed by atoms with E-state index in [9.17, 15) is 0 Å². The van der Waals surface area contributed by atoms with E-state index in [-0.39, 0.29) is 0 Å². The van der Waals surface area contributed by atoms with Gasteiger partial charge < -0.3 is 5.32 Å². The highest BCUT2D eigenvalue weighted by Gasteiger charge is 2.00. The minimum Gasteiger partial charge on any atom is -0.475 e. The molecule has 2 rings (SSSR count). The minimum atomic E-state index is 0.912. The summed E-state index contributed by atoms with van der Waals surface area (Å²) in [7, 11) is 3.71. The summed E-state index contributed by atoms with van der Waals surface area (Å²) in [5.74, 6) is 0. The third-order valence-electron chi connectivity index (χ3n) is 1.99. The Bertz CT molecular complexity index is 380. The smallest absolute Gasteiger partial charge is 0.105 e. The quantitative estimate of drug-likeness (QED) is 0.761. The van der Waals surface area contributed by atoms with E-state index in [0.717, 1.165) is 17.8 Å². The Balaban J connectivity index is 2.22. The molecule has 72 valence electrons. The molecule has 0 saturated carbocycles. The Morgan fingerprint density at radius 3 is 2.64 bits per heavy atom. The predicted molar refractivity (Wildman–Crippen MR) is 56.3 cm³/mol. The van der Waals surface area contributed by atoms with Crippen LogP contribution in [0.4, 0.5) is 0 Å². The van der Waals surface area contributed by atoms with Crippen LogP contribution in [0.3, 0.4) is 0 Å². The normalized spacial score (nSPS) is 10.4. The fourth-order valence-electron chi connectivity index (χ4n) is 1.27. The molecule has 0 aliphatic carbocycles. The Morgan fingerprint density at radius 1 is 1.29 bits per heavy atom. The molecule has 0 amide bonds. The van der Waals surface area contributed by atoms with Crippen LogP contribution < -0.4 is 5.32 Å². The molecule has 3 nitrogen and oxygen atoms in total. The number of benzene rings is 1. The van der Waals surface area contributed by atoms with Crippen molar-refractivity contribution in [2.75, 3.05) is 0 Å². The van der Waals surface area contributed by atoms with E-state index in [4.69, 9.17) is 0 Å². The number of nitrogens with zero attached hydrogens (tertiary/aromatic N) is 2. The fraction of sp³-hybridized carbons (Fsp3) is 0.100. The summed E-state index contributed by atoms with van der Waals surface area (Å²) >= 11 is 1.37. The van der Waals surface area contributed by atoms with E-state index in [1.54, 1.807) is 0 Å². The lowest BCUT2D eigenvalue weighted by atomic mass is 10.1. The predicted octanol–water partition coefficient (Wildman–Crippen LogP) is 1.06. The monoisotopic (exact) mass is 205 g/mol. The third-order valence-corrected chi connectivity index (χ3v) is 2.49. The second-order valence-corrected chi connectivity index (χ2v) is 3.59. The summed E-state index contributed by atoms with van der Waals surface area (Å²) < 4.78 is 3.83. The number of rotatable bonds is 3. The van der Waals surface area contributed by atoms with Crippen molar-refractivity contribution in [2.24, 2.45) is 0 Å². The van der Waals surface area contributed by atoms with Gasteiger partial charge in [0.2, 0.25) is 0 Å². The van der Waals surface area contributed by atoms with Gasteiger partial charge in [0, 0.05) is 16.5 Å². The first kappa shape index (κ1) is 9.30. The molecule has 0 unspecified atom stereocenters. The van der Waals surface area contributed by atoms with E-state index >= 15 is 0 Å². The Hall–Kier alpha value is -1.26. The second kappa shape index (κ2) is 4.30. The largest absolute Gasteiger partial charge is 0.475 e. The summed E-state index contributed by atoms with van der Waals surface area (Å²) in [4.78, 5) is 0. The maximum Gasteiger partial charge on any atom is 0.105 e. The fourth-order valence-corrected chi connectivity index (χ4v) is 1.73. The molecule has 2 aromatic rings. The van der Waals surface area contributed by atoms with Crippen molar-refractivity contribution in [1.82, 2.24) is 9.59 Å². The van der Waals surface area contributed by atoms with Crippen LogP contribution in [0.5, 0.6) is 0 Å². The summed E-state index contributed by atoms with van der Waals surface area (Å²) in [6.45, 7) is 0.912. The Labute approximate surface area is 87.0 Å². The van der Waals surface area contributed by atoms with Crippen molar-refractivity contribution < 1.29 is 5.32 Å². The molecule has 0 radical (unpaired) electrons. The number of aromatic nitrogens is 2. The SMILES string of the molecule is [CH2-][NH2+]Cc1ccc(-c2csnn2)cc1. The van der Waals surface area contributed by atoms with Crippen molar-refractivity contribution >= 4 is 11.5 Å². The summed E-state index contributed by atoms with van der Waals surface area (Å²) in [6, 6.07) is 8.32. The van der Waals surface area contributed by atoms with Crippen LogP contribution in [-0.4, -0.2) is 9.59 Å². The van der Waals surface area contributed by atoms with E-state index < -0.39 is 0 Å². The van der Waals surface area contributed by atoms with Gasteiger partial charge in [0.15, 0.2) is 0 Å². The topological polar surface area (TPSA) is 42.4 Å². The molecule has 0 bridgehead atoms. The van der Waals surface area contributed by atoms with Crippen LogP contribution in [0.25, 0.3) is 11.3 Å². The molecule has 1 heterocycles. The zero-order chi connectivity index (χ0) is 9.80. The average Bonchev–Trinajstić information content (AvgIpc) is 2.72.